The predicted octanol–water partition coefficient (Wildman–Crippen LogP) is 4.18. The number of benzene rings is 2. The lowest BCUT2D eigenvalue weighted by atomic mass is 9.92. The van der Waals surface area contributed by atoms with Crippen LogP contribution in [0.25, 0.3) is 0 Å². The number of piperidine rings is 1. The summed E-state index contributed by atoms with van der Waals surface area (Å²) in [5.74, 6) is 0.725. The molecule has 0 radical (unpaired) electrons. The Bertz CT molecular complexity index is 736. The smallest absolute Gasteiger partial charge is 0.232 e. The molecule has 2 aliphatic heterocycles. The molecule has 0 aliphatic carbocycles. The maximum atomic E-state index is 12.7. The Morgan fingerprint density at radius 2 is 1.76 bits per heavy atom. The molecule has 1 amide bonds. The molecule has 2 heterocycles. The van der Waals surface area contributed by atoms with Gasteiger partial charge in [0.15, 0.2) is 0 Å². The highest BCUT2D eigenvalue weighted by atomic mass is 16.5. The number of carbonyl (C=O) groups is 1. The SMILES string of the molecule is O=C(Nc1ccc(N2CCCCC2)cc1)C1CCOc2ccccc21. The van der Waals surface area contributed by atoms with Crippen molar-refractivity contribution in [1.82, 2.24) is 0 Å². The van der Waals surface area contributed by atoms with Crippen molar-refractivity contribution in [2.75, 3.05) is 29.9 Å². The van der Waals surface area contributed by atoms with Gasteiger partial charge in [-0.1, -0.05) is 18.2 Å². The third-order valence-corrected chi connectivity index (χ3v) is 5.13. The fraction of sp³-hybridized carbons (Fsp3) is 0.381. The number of rotatable bonds is 3. The van der Waals surface area contributed by atoms with Crippen LogP contribution in [0.5, 0.6) is 5.75 Å². The third kappa shape index (κ3) is 3.48. The van der Waals surface area contributed by atoms with Crippen LogP contribution in [0.1, 0.15) is 37.2 Å². The van der Waals surface area contributed by atoms with Crippen molar-refractivity contribution in [3.63, 3.8) is 0 Å². The van der Waals surface area contributed by atoms with Crippen molar-refractivity contribution in [3.05, 3.63) is 54.1 Å². The van der Waals surface area contributed by atoms with Gasteiger partial charge in [0.2, 0.25) is 5.91 Å². The lowest BCUT2D eigenvalue weighted by molar-refractivity contribution is -0.118. The second-order valence-corrected chi connectivity index (χ2v) is 6.81. The Morgan fingerprint density at radius 3 is 2.56 bits per heavy atom. The molecule has 2 aromatic rings. The van der Waals surface area contributed by atoms with Gasteiger partial charge >= 0.3 is 0 Å². The molecule has 25 heavy (non-hydrogen) atoms. The molecular formula is C21H24N2O2. The number of hydrogen-bond donors (Lipinski definition) is 1. The van der Waals surface area contributed by atoms with Crippen molar-refractivity contribution in [2.24, 2.45) is 0 Å². The molecule has 1 N–H and O–H groups in total. The molecule has 0 bridgehead atoms. The van der Waals surface area contributed by atoms with Crippen LogP contribution in [0, 0.1) is 0 Å². The van der Waals surface area contributed by atoms with E-state index in [1.54, 1.807) is 0 Å². The molecule has 1 saturated heterocycles. The summed E-state index contributed by atoms with van der Waals surface area (Å²) < 4.78 is 5.65. The van der Waals surface area contributed by atoms with E-state index < -0.39 is 0 Å². The van der Waals surface area contributed by atoms with Crippen LogP contribution in [0.2, 0.25) is 0 Å². The topological polar surface area (TPSA) is 41.6 Å². The second kappa shape index (κ2) is 7.18. The summed E-state index contributed by atoms with van der Waals surface area (Å²) in [6.07, 6.45) is 4.58. The number of amides is 1. The number of ether oxygens (including phenoxy) is 1. The van der Waals surface area contributed by atoms with Gasteiger partial charge < -0.3 is 15.0 Å². The van der Waals surface area contributed by atoms with Crippen LogP contribution in [0.4, 0.5) is 11.4 Å². The monoisotopic (exact) mass is 336 g/mol. The molecule has 4 rings (SSSR count). The maximum Gasteiger partial charge on any atom is 0.232 e. The molecule has 0 saturated carbocycles. The lowest BCUT2D eigenvalue weighted by Crippen LogP contribution is -2.29. The lowest BCUT2D eigenvalue weighted by Gasteiger charge is -2.29. The van der Waals surface area contributed by atoms with Crippen molar-refractivity contribution >= 4 is 17.3 Å². The predicted molar refractivity (Wildman–Crippen MR) is 100 cm³/mol. The van der Waals surface area contributed by atoms with E-state index in [1.165, 1.54) is 24.9 Å². The first-order valence-corrected chi connectivity index (χ1v) is 9.19. The Hall–Kier alpha value is -2.49. The van der Waals surface area contributed by atoms with E-state index >= 15 is 0 Å². The first-order valence-electron chi connectivity index (χ1n) is 9.19. The highest BCUT2D eigenvalue weighted by Crippen LogP contribution is 2.34. The number of carbonyl (C=O) groups excluding carboxylic acids is 1. The van der Waals surface area contributed by atoms with Gasteiger partial charge in [0.05, 0.1) is 12.5 Å². The number of nitrogens with one attached hydrogen (secondary N) is 1. The average molecular weight is 336 g/mol. The van der Waals surface area contributed by atoms with Gasteiger partial charge in [-0.2, -0.15) is 0 Å². The standard InChI is InChI=1S/C21H24N2O2/c24-21(19-12-15-25-20-7-3-2-6-18(19)20)22-16-8-10-17(11-9-16)23-13-4-1-5-14-23/h2-3,6-11,19H,1,4-5,12-15H2,(H,22,24). The van der Waals surface area contributed by atoms with E-state index in [1.807, 2.05) is 36.4 Å². The van der Waals surface area contributed by atoms with Crippen molar-refractivity contribution in [3.8, 4) is 5.75 Å². The van der Waals surface area contributed by atoms with Gasteiger partial charge in [0, 0.05) is 30.0 Å². The second-order valence-electron chi connectivity index (χ2n) is 6.81. The zero-order chi connectivity index (χ0) is 17.1. The highest BCUT2D eigenvalue weighted by Gasteiger charge is 2.27. The molecule has 0 aromatic heterocycles. The van der Waals surface area contributed by atoms with E-state index in [2.05, 4.69) is 22.3 Å². The molecule has 1 atom stereocenters. The van der Waals surface area contributed by atoms with Crippen LogP contribution in [-0.2, 0) is 4.79 Å². The van der Waals surface area contributed by atoms with Crippen LogP contribution < -0.4 is 15.0 Å². The third-order valence-electron chi connectivity index (χ3n) is 5.13. The van der Waals surface area contributed by atoms with Gasteiger partial charge in [0.1, 0.15) is 5.75 Å². The molecule has 0 spiro atoms. The van der Waals surface area contributed by atoms with Gasteiger partial charge in [-0.25, -0.2) is 0 Å². The Morgan fingerprint density at radius 1 is 1.00 bits per heavy atom. The highest BCUT2D eigenvalue weighted by molar-refractivity contribution is 5.96. The zero-order valence-corrected chi connectivity index (χ0v) is 14.4. The van der Waals surface area contributed by atoms with E-state index in [0.29, 0.717) is 13.0 Å². The van der Waals surface area contributed by atoms with E-state index in [4.69, 9.17) is 4.74 Å². The minimum atomic E-state index is -0.147. The fourth-order valence-corrected chi connectivity index (χ4v) is 3.75. The number of para-hydroxylation sites is 1. The van der Waals surface area contributed by atoms with Gasteiger partial charge in [0.25, 0.3) is 0 Å². The van der Waals surface area contributed by atoms with Crippen LogP contribution in [0.3, 0.4) is 0 Å². The van der Waals surface area contributed by atoms with Gasteiger partial charge in [-0.15, -0.1) is 0 Å². The summed E-state index contributed by atoms with van der Waals surface area (Å²) in [7, 11) is 0. The molecule has 2 aromatic carbocycles. The van der Waals surface area contributed by atoms with Crippen molar-refractivity contribution in [2.45, 2.75) is 31.6 Å². The Kier molecular flexibility index (Phi) is 4.59. The first-order chi connectivity index (χ1) is 12.3. The van der Waals surface area contributed by atoms with Gasteiger partial charge in [-0.05, 0) is 56.0 Å². The summed E-state index contributed by atoms with van der Waals surface area (Å²) in [5.41, 5.74) is 3.08. The fourth-order valence-electron chi connectivity index (χ4n) is 3.75. The Balaban J connectivity index is 1.44. The van der Waals surface area contributed by atoms with Crippen molar-refractivity contribution in [1.29, 1.82) is 0 Å². The molecule has 4 nitrogen and oxygen atoms in total. The normalized spacial score (nSPS) is 19.7. The molecular weight excluding hydrogens is 312 g/mol. The van der Waals surface area contributed by atoms with Crippen LogP contribution >= 0.6 is 0 Å². The molecule has 1 fully saturated rings. The summed E-state index contributed by atoms with van der Waals surface area (Å²) in [4.78, 5) is 15.2. The molecule has 1 unspecified atom stereocenters. The minimum Gasteiger partial charge on any atom is -0.493 e. The summed E-state index contributed by atoms with van der Waals surface area (Å²) in [6.45, 7) is 2.85. The minimum absolute atomic E-state index is 0.0430. The van der Waals surface area contributed by atoms with Crippen molar-refractivity contribution < 1.29 is 9.53 Å². The zero-order valence-electron chi connectivity index (χ0n) is 14.4. The summed E-state index contributed by atoms with van der Waals surface area (Å²) in [5, 5.41) is 3.07. The molecule has 130 valence electrons. The average Bonchev–Trinajstić information content (AvgIpc) is 2.69. The summed E-state index contributed by atoms with van der Waals surface area (Å²) >= 11 is 0. The van der Waals surface area contributed by atoms with E-state index in [0.717, 1.165) is 30.1 Å². The number of hydrogen-bond acceptors (Lipinski definition) is 3. The van der Waals surface area contributed by atoms with E-state index in [-0.39, 0.29) is 11.8 Å². The number of fused-ring (bicyclic) bond motifs is 1. The Labute approximate surface area is 148 Å². The molecule has 4 heteroatoms. The van der Waals surface area contributed by atoms with Crippen LogP contribution in [-0.4, -0.2) is 25.6 Å². The van der Waals surface area contributed by atoms with Crippen LogP contribution in [0.15, 0.2) is 48.5 Å². The first kappa shape index (κ1) is 16.0. The van der Waals surface area contributed by atoms with E-state index in [9.17, 15) is 4.79 Å². The quantitative estimate of drug-likeness (QED) is 0.914. The maximum absolute atomic E-state index is 12.7. The number of anilines is 2. The van der Waals surface area contributed by atoms with Gasteiger partial charge in [-0.3, -0.25) is 4.79 Å². The largest absolute Gasteiger partial charge is 0.493 e. The summed E-state index contributed by atoms with van der Waals surface area (Å²) in [6, 6.07) is 16.1. The molecule has 2 aliphatic rings. The number of nitrogens with zero attached hydrogens (tertiary/aromatic N) is 1.